The average Bonchev–Trinajstić information content (AvgIpc) is 2.53. The molecule has 2 amide bonds. The highest BCUT2D eigenvalue weighted by Crippen LogP contribution is 2.18. The van der Waals surface area contributed by atoms with E-state index in [0.29, 0.717) is 11.4 Å². The first-order valence-corrected chi connectivity index (χ1v) is 7.84. The lowest BCUT2D eigenvalue weighted by Crippen LogP contribution is -2.20. The molecule has 0 atom stereocenters. The van der Waals surface area contributed by atoms with Crippen LogP contribution in [0.5, 0.6) is 5.75 Å². The Balaban J connectivity index is 1.89. The fraction of sp³-hybridized carbons (Fsp3) is 0.263. The van der Waals surface area contributed by atoms with Gasteiger partial charge in [0, 0.05) is 23.4 Å². The number of ether oxygens (including phenoxy) is 1. The summed E-state index contributed by atoms with van der Waals surface area (Å²) in [4.78, 5) is 23.6. The maximum atomic E-state index is 11.9. The lowest BCUT2D eigenvalue weighted by molar-refractivity contribution is -0.119. The van der Waals surface area contributed by atoms with Crippen molar-refractivity contribution in [2.45, 2.75) is 20.8 Å². The third-order valence-corrected chi connectivity index (χ3v) is 3.30. The number of hydrogen-bond acceptors (Lipinski definition) is 3. The predicted molar refractivity (Wildman–Crippen MR) is 95.2 cm³/mol. The summed E-state index contributed by atoms with van der Waals surface area (Å²) in [5.41, 5.74) is 2.45. The van der Waals surface area contributed by atoms with Gasteiger partial charge in [-0.1, -0.05) is 32.0 Å². The Kier molecular flexibility index (Phi) is 5.95. The molecule has 0 radical (unpaired) electrons. The van der Waals surface area contributed by atoms with Gasteiger partial charge >= 0.3 is 0 Å². The van der Waals surface area contributed by atoms with Gasteiger partial charge in [-0.25, -0.2) is 0 Å². The smallest absolute Gasteiger partial charge is 0.262 e. The SMILES string of the molecule is Cc1cccc(NC(=O)COc2cccc(NC(=O)C(C)C)c2)c1. The van der Waals surface area contributed by atoms with E-state index < -0.39 is 0 Å². The van der Waals surface area contributed by atoms with Crippen molar-refractivity contribution >= 4 is 23.2 Å². The van der Waals surface area contributed by atoms with Crippen LogP contribution in [0.25, 0.3) is 0 Å². The number of aryl methyl sites for hydroxylation is 1. The number of carbonyl (C=O) groups excluding carboxylic acids is 2. The Bertz CT molecular complexity index is 726. The fourth-order valence-corrected chi connectivity index (χ4v) is 2.02. The molecule has 0 aliphatic heterocycles. The minimum absolute atomic E-state index is 0.0654. The zero-order valence-electron chi connectivity index (χ0n) is 14.1. The standard InChI is InChI=1S/C19H22N2O3/c1-13(2)19(23)21-16-8-5-9-17(11-16)24-12-18(22)20-15-7-4-6-14(3)10-15/h4-11,13H,12H2,1-3H3,(H,20,22)(H,21,23). The zero-order chi connectivity index (χ0) is 17.5. The molecule has 126 valence electrons. The molecule has 0 fully saturated rings. The zero-order valence-corrected chi connectivity index (χ0v) is 14.1. The van der Waals surface area contributed by atoms with Crippen molar-refractivity contribution in [2.75, 3.05) is 17.2 Å². The van der Waals surface area contributed by atoms with Gasteiger partial charge in [-0.05, 0) is 36.8 Å². The first-order valence-electron chi connectivity index (χ1n) is 7.84. The van der Waals surface area contributed by atoms with Crippen molar-refractivity contribution < 1.29 is 14.3 Å². The number of carbonyl (C=O) groups is 2. The quantitative estimate of drug-likeness (QED) is 0.852. The summed E-state index contributed by atoms with van der Waals surface area (Å²) in [5, 5.41) is 5.58. The molecular formula is C19H22N2O3. The summed E-state index contributed by atoms with van der Waals surface area (Å²) in [6, 6.07) is 14.5. The number of hydrogen-bond donors (Lipinski definition) is 2. The lowest BCUT2D eigenvalue weighted by Gasteiger charge is -2.11. The molecule has 5 heteroatoms. The molecule has 2 rings (SSSR count). The number of anilines is 2. The second-order valence-electron chi connectivity index (χ2n) is 5.88. The van der Waals surface area contributed by atoms with Crippen LogP contribution in [-0.4, -0.2) is 18.4 Å². The van der Waals surface area contributed by atoms with Gasteiger partial charge in [-0.15, -0.1) is 0 Å². The van der Waals surface area contributed by atoms with Gasteiger partial charge in [0.15, 0.2) is 6.61 Å². The Morgan fingerprint density at radius 1 is 1.00 bits per heavy atom. The summed E-state index contributed by atoms with van der Waals surface area (Å²) >= 11 is 0. The molecule has 2 N–H and O–H groups in total. The third kappa shape index (κ3) is 5.43. The van der Waals surface area contributed by atoms with E-state index in [1.807, 2.05) is 45.0 Å². The molecule has 2 aromatic carbocycles. The van der Waals surface area contributed by atoms with E-state index in [-0.39, 0.29) is 24.3 Å². The van der Waals surface area contributed by atoms with Crippen molar-refractivity contribution in [2.24, 2.45) is 5.92 Å². The van der Waals surface area contributed by atoms with Gasteiger partial charge in [0.2, 0.25) is 5.91 Å². The highest BCUT2D eigenvalue weighted by molar-refractivity contribution is 5.93. The van der Waals surface area contributed by atoms with E-state index in [1.165, 1.54) is 0 Å². The first-order chi connectivity index (χ1) is 11.4. The molecule has 2 aromatic rings. The van der Waals surface area contributed by atoms with Crippen molar-refractivity contribution in [1.29, 1.82) is 0 Å². The second kappa shape index (κ2) is 8.15. The first kappa shape index (κ1) is 17.5. The van der Waals surface area contributed by atoms with Crippen molar-refractivity contribution in [3.8, 4) is 5.75 Å². The Morgan fingerprint density at radius 3 is 2.33 bits per heavy atom. The molecule has 0 aliphatic rings. The van der Waals surface area contributed by atoms with Gasteiger partial charge < -0.3 is 15.4 Å². The highest BCUT2D eigenvalue weighted by atomic mass is 16.5. The molecule has 5 nitrogen and oxygen atoms in total. The summed E-state index contributed by atoms with van der Waals surface area (Å²) in [7, 11) is 0. The van der Waals surface area contributed by atoms with E-state index in [0.717, 1.165) is 11.3 Å². The van der Waals surface area contributed by atoms with E-state index >= 15 is 0 Å². The molecule has 0 bridgehead atoms. The molecule has 0 aliphatic carbocycles. The molecule has 0 saturated carbocycles. The normalized spacial score (nSPS) is 10.3. The molecule has 0 heterocycles. The van der Waals surface area contributed by atoms with Crippen LogP contribution in [-0.2, 0) is 9.59 Å². The van der Waals surface area contributed by atoms with Crippen molar-refractivity contribution in [1.82, 2.24) is 0 Å². The van der Waals surface area contributed by atoms with Crippen LogP contribution in [0.15, 0.2) is 48.5 Å². The van der Waals surface area contributed by atoms with Gasteiger partial charge in [0.05, 0.1) is 0 Å². The van der Waals surface area contributed by atoms with Crippen LogP contribution >= 0.6 is 0 Å². The van der Waals surface area contributed by atoms with Gasteiger partial charge in [0.25, 0.3) is 5.91 Å². The molecule has 0 spiro atoms. The summed E-state index contributed by atoms with van der Waals surface area (Å²) in [6.07, 6.45) is 0. The minimum Gasteiger partial charge on any atom is -0.484 e. The maximum Gasteiger partial charge on any atom is 0.262 e. The number of benzene rings is 2. The van der Waals surface area contributed by atoms with Crippen LogP contribution in [0.1, 0.15) is 19.4 Å². The fourth-order valence-electron chi connectivity index (χ4n) is 2.02. The third-order valence-electron chi connectivity index (χ3n) is 3.30. The molecule has 0 saturated heterocycles. The Morgan fingerprint density at radius 2 is 1.67 bits per heavy atom. The van der Waals surface area contributed by atoms with Crippen LogP contribution in [0.2, 0.25) is 0 Å². The largest absolute Gasteiger partial charge is 0.484 e. The van der Waals surface area contributed by atoms with Gasteiger partial charge in [0.1, 0.15) is 5.75 Å². The topological polar surface area (TPSA) is 67.4 Å². The summed E-state index contributed by atoms with van der Waals surface area (Å²) < 4.78 is 5.49. The Labute approximate surface area is 142 Å². The summed E-state index contributed by atoms with van der Waals surface area (Å²) in [5.74, 6) is 0.118. The lowest BCUT2D eigenvalue weighted by atomic mass is 10.2. The number of nitrogens with one attached hydrogen (secondary N) is 2. The van der Waals surface area contributed by atoms with Crippen LogP contribution in [0.3, 0.4) is 0 Å². The van der Waals surface area contributed by atoms with E-state index in [2.05, 4.69) is 10.6 Å². The molecule has 0 unspecified atom stereocenters. The van der Waals surface area contributed by atoms with Crippen LogP contribution in [0.4, 0.5) is 11.4 Å². The second-order valence-corrected chi connectivity index (χ2v) is 5.88. The summed E-state index contributed by atoms with van der Waals surface area (Å²) in [6.45, 7) is 5.51. The Hall–Kier alpha value is -2.82. The van der Waals surface area contributed by atoms with E-state index in [4.69, 9.17) is 4.74 Å². The van der Waals surface area contributed by atoms with E-state index in [1.54, 1.807) is 24.3 Å². The molecule has 24 heavy (non-hydrogen) atoms. The predicted octanol–water partition coefficient (Wildman–Crippen LogP) is 3.61. The number of rotatable bonds is 6. The highest BCUT2D eigenvalue weighted by Gasteiger charge is 2.08. The monoisotopic (exact) mass is 326 g/mol. The molecule has 0 aromatic heterocycles. The van der Waals surface area contributed by atoms with E-state index in [9.17, 15) is 9.59 Å². The van der Waals surface area contributed by atoms with Crippen LogP contribution < -0.4 is 15.4 Å². The average molecular weight is 326 g/mol. The van der Waals surface area contributed by atoms with Gasteiger partial charge in [-0.3, -0.25) is 9.59 Å². The number of amides is 2. The van der Waals surface area contributed by atoms with Crippen LogP contribution in [0, 0.1) is 12.8 Å². The molecular weight excluding hydrogens is 304 g/mol. The van der Waals surface area contributed by atoms with Crippen molar-refractivity contribution in [3.05, 3.63) is 54.1 Å². The maximum absolute atomic E-state index is 11.9. The van der Waals surface area contributed by atoms with Crippen molar-refractivity contribution in [3.63, 3.8) is 0 Å². The van der Waals surface area contributed by atoms with Gasteiger partial charge in [-0.2, -0.15) is 0 Å². The minimum atomic E-state index is -0.239.